The first-order valence-corrected chi connectivity index (χ1v) is 12.3. The van der Waals surface area contributed by atoms with Gasteiger partial charge in [-0.3, -0.25) is 9.52 Å². The first-order valence-electron chi connectivity index (χ1n) is 10.8. The van der Waals surface area contributed by atoms with Gasteiger partial charge in [-0.1, -0.05) is 25.1 Å². The Bertz CT molecular complexity index is 1250. The molecule has 33 heavy (non-hydrogen) atoms. The van der Waals surface area contributed by atoms with E-state index in [4.69, 9.17) is 4.74 Å². The monoisotopic (exact) mass is 466 g/mol. The van der Waals surface area contributed by atoms with Gasteiger partial charge in [-0.25, -0.2) is 8.42 Å². The molecule has 0 aliphatic rings. The van der Waals surface area contributed by atoms with Crippen LogP contribution >= 0.6 is 0 Å². The van der Waals surface area contributed by atoms with Crippen LogP contribution in [0.4, 0.5) is 11.4 Å². The summed E-state index contributed by atoms with van der Waals surface area (Å²) in [7, 11) is -3.75. The first-order chi connectivity index (χ1) is 15.6. The summed E-state index contributed by atoms with van der Waals surface area (Å²) in [5, 5.41) is 2.81. The topological polar surface area (TPSA) is 84.5 Å². The van der Waals surface area contributed by atoms with E-state index >= 15 is 0 Å². The Kier molecular flexibility index (Phi) is 7.43. The van der Waals surface area contributed by atoms with Gasteiger partial charge in [0, 0.05) is 11.4 Å². The van der Waals surface area contributed by atoms with Crippen molar-refractivity contribution >= 4 is 27.3 Å². The van der Waals surface area contributed by atoms with E-state index < -0.39 is 16.1 Å². The van der Waals surface area contributed by atoms with Crippen LogP contribution in [0.25, 0.3) is 0 Å². The van der Waals surface area contributed by atoms with Crippen LogP contribution in [-0.4, -0.2) is 20.4 Å². The molecule has 3 rings (SSSR count). The van der Waals surface area contributed by atoms with E-state index in [0.29, 0.717) is 23.5 Å². The van der Waals surface area contributed by atoms with Gasteiger partial charge >= 0.3 is 0 Å². The molecule has 174 valence electrons. The van der Waals surface area contributed by atoms with Crippen LogP contribution in [-0.2, 0) is 14.8 Å². The molecule has 1 atom stereocenters. The summed E-state index contributed by atoms with van der Waals surface area (Å²) in [5.41, 5.74) is 5.10. The van der Waals surface area contributed by atoms with Gasteiger partial charge in [0.25, 0.3) is 15.9 Å². The third-order valence-electron chi connectivity index (χ3n) is 5.47. The van der Waals surface area contributed by atoms with Crippen LogP contribution in [0.5, 0.6) is 5.75 Å². The average Bonchev–Trinajstić information content (AvgIpc) is 2.77. The van der Waals surface area contributed by atoms with Gasteiger partial charge in [0.05, 0.1) is 4.90 Å². The Morgan fingerprint density at radius 3 is 2.12 bits per heavy atom. The minimum atomic E-state index is -3.75. The molecule has 2 N–H and O–H groups in total. The molecule has 7 heteroatoms. The van der Waals surface area contributed by atoms with Crippen molar-refractivity contribution in [1.29, 1.82) is 0 Å². The lowest BCUT2D eigenvalue weighted by Gasteiger charge is -2.19. The van der Waals surface area contributed by atoms with E-state index in [1.165, 1.54) is 12.1 Å². The summed E-state index contributed by atoms with van der Waals surface area (Å²) in [6, 6.07) is 17.3. The van der Waals surface area contributed by atoms with Gasteiger partial charge in [-0.05, 0) is 98.8 Å². The lowest BCUT2D eigenvalue weighted by molar-refractivity contribution is -0.122. The predicted molar refractivity (Wildman–Crippen MR) is 132 cm³/mol. The zero-order valence-corrected chi connectivity index (χ0v) is 20.4. The van der Waals surface area contributed by atoms with Crippen LogP contribution in [0.3, 0.4) is 0 Å². The van der Waals surface area contributed by atoms with Crippen LogP contribution in [0.15, 0.2) is 65.6 Å². The zero-order valence-electron chi connectivity index (χ0n) is 19.6. The summed E-state index contributed by atoms with van der Waals surface area (Å²) in [4.78, 5) is 12.9. The molecule has 0 bridgehead atoms. The summed E-state index contributed by atoms with van der Waals surface area (Å²) >= 11 is 0. The maximum atomic E-state index is 12.8. The molecule has 0 unspecified atom stereocenters. The quantitative estimate of drug-likeness (QED) is 0.458. The van der Waals surface area contributed by atoms with Crippen molar-refractivity contribution in [3.05, 3.63) is 82.9 Å². The van der Waals surface area contributed by atoms with E-state index in [0.717, 1.165) is 22.3 Å². The molecule has 0 aliphatic carbocycles. The molecule has 6 nitrogen and oxygen atoms in total. The van der Waals surface area contributed by atoms with Crippen molar-refractivity contribution in [2.45, 2.75) is 52.0 Å². The molecule has 0 saturated carbocycles. The molecule has 0 saturated heterocycles. The summed E-state index contributed by atoms with van der Waals surface area (Å²) < 4.78 is 34.0. The van der Waals surface area contributed by atoms with Gasteiger partial charge in [0.2, 0.25) is 0 Å². The fourth-order valence-corrected chi connectivity index (χ4v) is 4.32. The number of hydrogen-bond acceptors (Lipinski definition) is 4. The number of carbonyl (C=O) groups excluding carboxylic acids is 1. The fourth-order valence-electron chi connectivity index (χ4n) is 3.27. The Morgan fingerprint density at radius 1 is 0.848 bits per heavy atom. The molecular formula is C26H30N2O4S. The van der Waals surface area contributed by atoms with Crippen molar-refractivity contribution in [3.63, 3.8) is 0 Å². The zero-order chi connectivity index (χ0) is 24.2. The van der Waals surface area contributed by atoms with E-state index in [9.17, 15) is 13.2 Å². The van der Waals surface area contributed by atoms with Crippen molar-refractivity contribution in [2.24, 2.45) is 0 Å². The second-order valence-corrected chi connectivity index (χ2v) is 9.88. The van der Waals surface area contributed by atoms with Gasteiger partial charge < -0.3 is 10.1 Å². The number of sulfonamides is 1. The number of carbonyl (C=O) groups is 1. The maximum Gasteiger partial charge on any atom is 0.265 e. The highest BCUT2D eigenvalue weighted by atomic mass is 32.2. The second kappa shape index (κ2) is 10.1. The maximum absolute atomic E-state index is 12.8. The number of rotatable bonds is 8. The number of ether oxygens (including phenoxy) is 1. The van der Waals surface area contributed by atoms with Gasteiger partial charge in [-0.15, -0.1) is 0 Å². The molecule has 0 radical (unpaired) electrons. The Labute approximate surface area is 196 Å². The third kappa shape index (κ3) is 6.14. The van der Waals surface area contributed by atoms with E-state index in [1.807, 2.05) is 58.9 Å². The van der Waals surface area contributed by atoms with Crippen molar-refractivity contribution < 1.29 is 17.9 Å². The van der Waals surface area contributed by atoms with Crippen LogP contribution < -0.4 is 14.8 Å². The molecule has 0 aliphatic heterocycles. The minimum absolute atomic E-state index is 0.109. The largest absolute Gasteiger partial charge is 0.480 e. The summed E-state index contributed by atoms with van der Waals surface area (Å²) in [6.45, 7) is 9.68. The fraction of sp³-hybridized carbons (Fsp3) is 0.269. The summed E-state index contributed by atoms with van der Waals surface area (Å²) in [5.74, 6) is 0.387. The molecule has 0 heterocycles. The highest BCUT2D eigenvalue weighted by Crippen LogP contribution is 2.23. The Hall–Kier alpha value is -3.32. The summed E-state index contributed by atoms with van der Waals surface area (Å²) in [6.07, 6.45) is -0.175. The van der Waals surface area contributed by atoms with Crippen molar-refractivity contribution in [1.82, 2.24) is 0 Å². The molecule has 3 aromatic rings. The number of benzene rings is 3. The lowest BCUT2D eigenvalue weighted by Crippen LogP contribution is -2.32. The second-order valence-electron chi connectivity index (χ2n) is 8.20. The van der Waals surface area contributed by atoms with E-state index in [1.54, 1.807) is 24.3 Å². The first kappa shape index (κ1) is 24.3. The smallest absolute Gasteiger partial charge is 0.265 e. The lowest BCUT2D eigenvalue weighted by atomic mass is 10.1. The number of aryl methyl sites for hydroxylation is 4. The van der Waals surface area contributed by atoms with Gasteiger partial charge in [-0.2, -0.15) is 0 Å². The average molecular weight is 467 g/mol. The number of amides is 1. The number of anilines is 2. The molecule has 3 aromatic carbocycles. The van der Waals surface area contributed by atoms with Crippen LogP contribution in [0.1, 0.15) is 35.6 Å². The predicted octanol–water partition coefficient (Wildman–Crippen LogP) is 5.52. The molecule has 1 amide bonds. The van der Waals surface area contributed by atoms with Crippen LogP contribution in [0.2, 0.25) is 0 Å². The normalized spacial score (nSPS) is 12.2. The Balaban J connectivity index is 1.69. The van der Waals surface area contributed by atoms with E-state index in [2.05, 4.69) is 10.0 Å². The number of hydrogen-bond donors (Lipinski definition) is 2. The number of nitrogens with one attached hydrogen (secondary N) is 2. The SMILES string of the molecule is CC[C@@H](Oc1cc(C)ccc1C)C(=O)Nc1ccc(S(=O)(=O)Nc2ccc(C)c(C)c2)cc1. The standard InChI is InChI=1S/C26H30N2O4S/c1-6-24(32-25-15-17(2)7-8-19(25)4)26(29)27-21-11-13-23(14-12-21)33(30,31)28-22-10-9-18(3)20(5)16-22/h7-16,24,28H,6H2,1-5H3,(H,27,29)/t24-/m1/s1. The molecule has 0 aromatic heterocycles. The molecule has 0 fully saturated rings. The van der Waals surface area contributed by atoms with E-state index in [-0.39, 0.29) is 10.8 Å². The Morgan fingerprint density at radius 2 is 1.48 bits per heavy atom. The van der Waals surface area contributed by atoms with Crippen molar-refractivity contribution in [3.8, 4) is 5.75 Å². The highest BCUT2D eigenvalue weighted by molar-refractivity contribution is 7.92. The van der Waals surface area contributed by atoms with Crippen LogP contribution in [0, 0.1) is 27.7 Å². The van der Waals surface area contributed by atoms with Gasteiger partial charge in [0.15, 0.2) is 6.10 Å². The minimum Gasteiger partial charge on any atom is -0.480 e. The molecule has 0 spiro atoms. The van der Waals surface area contributed by atoms with Crippen molar-refractivity contribution in [2.75, 3.05) is 10.0 Å². The highest BCUT2D eigenvalue weighted by Gasteiger charge is 2.20. The van der Waals surface area contributed by atoms with Gasteiger partial charge in [0.1, 0.15) is 5.75 Å². The molecular weight excluding hydrogens is 436 g/mol. The third-order valence-corrected chi connectivity index (χ3v) is 6.86.